The van der Waals surface area contributed by atoms with E-state index in [1.165, 1.54) is 10.4 Å². The van der Waals surface area contributed by atoms with Crippen LogP contribution in [0.25, 0.3) is 10.2 Å². The van der Waals surface area contributed by atoms with E-state index in [0.29, 0.717) is 31.4 Å². The molecular weight excluding hydrogens is 414 g/mol. The van der Waals surface area contributed by atoms with Crippen molar-refractivity contribution in [1.82, 2.24) is 14.9 Å². The van der Waals surface area contributed by atoms with Crippen LogP contribution in [0.1, 0.15) is 48.7 Å². The summed E-state index contributed by atoms with van der Waals surface area (Å²) in [5, 5.41) is 11.3. The molecule has 0 fully saturated rings. The highest BCUT2D eigenvalue weighted by molar-refractivity contribution is 7.18. The molecule has 2 N–H and O–H groups in total. The molecule has 0 bridgehead atoms. The summed E-state index contributed by atoms with van der Waals surface area (Å²) in [5.41, 5.74) is 1.16. The molecule has 1 atom stereocenters. The van der Waals surface area contributed by atoms with Crippen molar-refractivity contribution in [1.29, 1.82) is 0 Å². The molecule has 4 rings (SSSR count). The number of aryl methyl sites for hydroxylation is 2. The van der Waals surface area contributed by atoms with Crippen LogP contribution in [0.5, 0.6) is 0 Å². The fourth-order valence-electron chi connectivity index (χ4n) is 4.05. The zero-order chi connectivity index (χ0) is 21.8. The number of nitrogens with zero attached hydrogens (tertiary/aromatic N) is 2. The number of H-pyrrole nitrogens is 1. The number of nitrogens with one attached hydrogen (secondary N) is 1. The molecule has 31 heavy (non-hydrogen) atoms. The molecule has 3 aromatic rings. The van der Waals surface area contributed by atoms with E-state index in [0.717, 1.165) is 48.2 Å². The topological polar surface area (TPSA) is 91.6 Å². The Labute approximate surface area is 186 Å². The largest absolute Gasteiger partial charge is 0.467 e. The second kappa shape index (κ2) is 10.1. The lowest BCUT2D eigenvalue weighted by Gasteiger charge is -2.25. The van der Waals surface area contributed by atoms with Crippen molar-refractivity contribution in [3.8, 4) is 0 Å². The van der Waals surface area contributed by atoms with Gasteiger partial charge in [0.2, 0.25) is 0 Å². The number of hydrogen-bond acceptors (Lipinski definition) is 7. The lowest BCUT2D eigenvalue weighted by Crippen LogP contribution is -2.36. The molecule has 1 aliphatic rings. The third kappa shape index (κ3) is 5.63. The lowest BCUT2D eigenvalue weighted by atomic mass is 10.1. The number of aliphatic hydroxyl groups is 1. The smallest absolute Gasteiger partial charge is 0.259 e. The maximum Gasteiger partial charge on any atom is 0.259 e. The fraction of sp³-hybridized carbons (Fsp3) is 0.565. The molecule has 0 radical (unpaired) electrons. The normalized spacial score (nSPS) is 14.7. The molecular formula is C23H31N3O4S. The highest BCUT2D eigenvalue weighted by Crippen LogP contribution is 2.34. The maximum absolute atomic E-state index is 12.8. The van der Waals surface area contributed by atoms with Crippen LogP contribution < -0.4 is 5.56 Å². The molecule has 0 aliphatic heterocycles. The molecule has 3 aromatic heterocycles. The van der Waals surface area contributed by atoms with Gasteiger partial charge < -0.3 is 19.2 Å². The van der Waals surface area contributed by atoms with E-state index < -0.39 is 6.10 Å². The first-order valence-corrected chi connectivity index (χ1v) is 11.8. The SMILES string of the molecule is CC(C)CCN(Cc1nc2sc3c(c2c(=O)[nH]1)CCC3)C[C@H](O)COCc1ccco1. The van der Waals surface area contributed by atoms with Crippen molar-refractivity contribution >= 4 is 21.6 Å². The minimum absolute atomic E-state index is 0.0365. The number of rotatable bonds is 11. The Morgan fingerprint density at radius 3 is 3.03 bits per heavy atom. The van der Waals surface area contributed by atoms with Crippen molar-refractivity contribution in [3.63, 3.8) is 0 Å². The van der Waals surface area contributed by atoms with Gasteiger partial charge in [0.15, 0.2) is 0 Å². The minimum Gasteiger partial charge on any atom is -0.467 e. The Hall–Kier alpha value is -2.00. The number of aromatic amines is 1. The first-order chi connectivity index (χ1) is 15.0. The molecule has 1 aliphatic carbocycles. The number of hydrogen-bond donors (Lipinski definition) is 2. The van der Waals surface area contributed by atoms with Gasteiger partial charge in [-0.1, -0.05) is 13.8 Å². The number of furan rings is 1. The van der Waals surface area contributed by atoms with Gasteiger partial charge in [-0.3, -0.25) is 9.69 Å². The van der Waals surface area contributed by atoms with Crippen LogP contribution in [0.3, 0.4) is 0 Å². The summed E-state index contributed by atoms with van der Waals surface area (Å²) in [6.07, 6.45) is 5.12. The summed E-state index contributed by atoms with van der Waals surface area (Å²) in [7, 11) is 0. The molecule has 3 heterocycles. The predicted octanol–water partition coefficient (Wildman–Crippen LogP) is 3.49. The molecule has 0 unspecified atom stereocenters. The standard InChI is InChI=1S/C23H31N3O4S/c1-15(2)8-9-26(11-16(27)13-29-14-17-5-4-10-30-17)12-20-24-22(28)21-18-6-3-7-19(18)31-23(21)25-20/h4-5,10,15-16,27H,3,6-9,11-14H2,1-2H3,(H,24,25,28)/t16-/m0/s1. The molecule has 168 valence electrons. The van der Waals surface area contributed by atoms with E-state index in [2.05, 4.69) is 23.7 Å². The van der Waals surface area contributed by atoms with E-state index in [1.54, 1.807) is 17.6 Å². The van der Waals surface area contributed by atoms with Gasteiger partial charge in [-0.2, -0.15) is 0 Å². The molecule has 7 nitrogen and oxygen atoms in total. The van der Waals surface area contributed by atoms with Crippen LogP contribution >= 0.6 is 11.3 Å². The van der Waals surface area contributed by atoms with Gasteiger partial charge in [0.05, 0.1) is 30.9 Å². The number of ether oxygens (including phenoxy) is 1. The Morgan fingerprint density at radius 2 is 2.26 bits per heavy atom. The monoisotopic (exact) mass is 445 g/mol. The van der Waals surface area contributed by atoms with Crippen molar-refractivity contribution in [2.75, 3.05) is 19.7 Å². The molecule has 0 aromatic carbocycles. The van der Waals surface area contributed by atoms with Gasteiger partial charge in [-0.05, 0) is 55.8 Å². The van der Waals surface area contributed by atoms with Crippen molar-refractivity contribution in [2.45, 2.75) is 58.8 Å². The number of aromatic nitrogens is 2. The summed E-state index contributed by atoms with van der Waals surface area (Å²) in [5.74, 6) is 1.94. The van der Waals surface area contributed by atoms with Crippen LogP contribution in [0, 0.1) is 5.92 Å². The van der Waals surface area contributed by atoms with Crippen molar-refractivity contribution in [2.24, 2.45) is 5.92 Å². The summed E-state index contributed by atoms with van der Waals surface area (Å²) >= 11 is 1.66. The molecule has 0 spiro atoms. The Kier molecular flexibility index (Phi) is 7.22. The lowest BCUT2D eigenvalue weighted by molar-refractivity contribution is 0.00291. The number of fused-ring (bicyclic) bond motifs is 3. The molecule has 0 amide bonds. The highest BCUT2D eigenvalue weighted by atomic mass is 32.1. The van der Waals surface area contributed by atoms with Crippen LogP contribution in [0.4, 0.5) is 0 Å². The third-order valence-electron chi connectivity index (χ3n) is 5.62. The zero-order valence-corrected chi connectivity index (χ0v) is 19.0. The summed E-state index contributed by atoms with van der Waals surface area (Å²) in [4.78, 5) is 24.8. The van der Waals surface area contributed by atoms with Crippen LogP contribution in [0.15, 0.2) is 27.6 Å². The van der Waals surface area contributed by atoms with Gasteiger partial charge in [0, 0.05) is 11.4 Å². The van der Waals surface area contributed by atoms with E-state index >= 15 is 0 Å². The van der Waals surface area contributed by atoms with E-state index in [-0.39, 0.29) is 12.2 Å². The first kappa shape index (κ1) is 22.2. The van der Waals surface area contributed by atoms with Gasteiger partial charge in [-0.25, -0.2) is 4.98 Å². The average molecular weight is 446 g/mol. The Morgan fingerprint density at radius 1 is 1.39 bits per heavy atom. The zero-order valence-electron chi connectivity index (χ0n) is 18.2. The average Bonchev–Trinajstić information content (AvgIpc) is 3.43. The van der Waals surface area contributed by atoms with Crippen molar-refractivity contribution < 1.29 is 14.3 Å². The second-order valence-electron chi connectivity index (χ2n) is 8.72. The molecule has 0 saturated carbocycles. The van der Waals surface area contributed by atoms with Crippen LogP contribution in [-0.4, -0.2) is 45.8 Å². The highest BCUT2D eigenvalue weighted by Gasteiger charge is 2.22. The minimum atomic E-state index is -0.636. The van der Waals surface area contributed by atoms with Crippen LogP contribution in [-0.2, 0) is 30.7 Å². The second-order valence-corrected chi connectivity index (χ2v) is 9.80. The maximum atomic E-state index is 12.8. The summed E-state index contributed by atoms with van der Waals surface area (Å²) in [6.45, 7) is 6.68. The quantitative estimate of drug-likeness (QED) is 0.469. The van der Waals surface area contributed by atoms with E-state index in [4.69, 9.17) is 14.1 Å². The van der Waals surface area contributed by atoms with Gasteiger partial charge in [0.1, 0.15) is 23.0 Å². The van der Waals surface area contributed by atoms with E-state index in [1.807, 2.05) is 12.1 Å². The number of thiophene rings is 1. The molecule has 0 saturated heterocycles. The van der Waals surface area contributed by atoms with Gasteiger partial charge >= 0.3 is 0 Å². The Bertz CT molecular complexity index is 1040. The molecule has 8 heteroatoms. The predicted molar refractivity (Wildman–Crippen MR) is 121 cm³/mol. The van der Waals surface area contributed by atoms with Gasteiger partial charge in [-0.15, -0.1) is 11.3 Å². The summed E-state index contributed by atoms with van der Waals surface area (Å²) in [6, 6.07) is 3.66. The third-order valence-corrected chi connectivity index (χ3v) is 6.81. The van der Waals surface area contributed by atoms with E-state index in [9.17, 15) is 9.90 Å². The fourth-order valence-corrected chi connectivity index (χ4v) is 5.33. The van der Waals surface area contributed by atoms with Gasteiger partial charge in [0.25, 0.3) is 5.56 Å². The van der Waals surface area contributed by atoms with Crippen molar-refractivity contribution in [3.05, 3.63) is 50.8 Å². The Balaban J connectivity index is 1.41. The van der Waals surface area contributed by atoms with Crippen LogP contribution in [0.2, 0.25) is 0 Å². The number of aliphatic hydroxyl groups excluding tert-OH is 1. The summed E-state index contributed by atoms with van der Waals surface area (Å²) < 4.78 is 10.8. The first-order valence-electron chi connectivity index (χ1n) is 11.0.